The van der Waals surface area contributed by atoms with Gasteiger partial charge >= 0.3 is 11.7 Å². The van der Waals surface area contributed by atoms with Gasteiger partial charge in [-0.1, -0.05) is 6.07 Å². The van der Waals surface area contributed by atoms with Crippen LogP contribution in [0.2, 0.25) is 0 Å². The maximum atomic E-state index is 11.5. The molecule has 0 radical (unpaired) electrons. The van der Waals surface area contributed by atoms with Crippen molar-refractivity contribution in [3.63, 3.8) is 0 Å². The first kappa shape index (κ1) is 12.7. The SMILES string of the molecule is CCOC(=O)C(Cl)c1ccc2c(c1)oc(=O)n2C. The van der Waals surface area contributed by atoms with Crippen molar-refractivity contribution in [2.45, 2.75) is 12.3 Å². The van der Waals surface area contributed by atoms with Crippen LogP contribution in [0.3, 0.4) is 0 Å². The summed E-state index contributed by atoms with van der Waals surface area (Å²) in [5.74, 6) is -0.971. The lowest BCUT2D eigenvalue weighted by Gasteiger charge is -2.08. The lowest BCUT2D eigenvalue weighted by molar-refractivity contribution is -0.142. The number of rotatable bonds is 3. The number of esters is 1. The standard InChI is InChI=1S/C12H12ClNO4/c1-3-17-11(15)10(13)7-4-5-8-9(6-7)18-12(16)14(8)2/h4-6,10H,3H2,1-2H3. The maximum Gasteiger partial charge on any atom is 0.419 e. The summed E-state index contributed by atoms with van der Waals surface area (Å²) in [5, 5.41) is -0.903. The highest BCUT2D eigenvalue weighted by Gasteiger charge is 2.20. The Bertz CT molecular complexity index is 643. The van der Waals surface area contributed by atoms with Gasteiger partial charge in [0.25, 0.3) is 0 Å². The Morgan fingerprint density at radius 1 is 1.56 bits per heavy atom. The molecule has 2 aromatic rings. The maximum absolute atomic E-state index is 11.5. The predicted molar refractivity (Wildman–Crippen MR) is 66.7 cm³/mol. The number of ether oxygens (including phenoxy) is 1. The smallest absolute Gasteiger partial charge is 0.419 e. The molecule has 0 N–H and O–H groups in total. The van der Waals surface area contributed by atoms with Gasteiger partial charge in [0.2, 0.25) is 0 Å². The van der Waals surface area contributed by atoms with E-state index in [0.29, 0.717) is 16.7 Å². The van der Waals surface area contributed by atoms with Gasteiger partial charge in [0, 0.05) is 7.05 Å². The number of carbonyl (C=O) groups is 1. The third-order valence-electron chi connectivity index (χ3n) is 2.60. The van der Waals surface area contributed by atoms with Crippen LogP contribution < -0.4 is 5.76 Å². The summed E-state index contributed by atoms with van der Waals surface area (Å²) in [5.41, 5.74) is 1.59. The molecule has 0 bridgehead atoms. The lowest BCUT2D eigenvalue weighted by Crippen LogP contribution is -2.11. The van der Waals surface area contributed by atoms with Gasteiger partial charge in [-0.3, -0.25) is 9.36 Å². The Kier molecular flexibility index (Phi) is 3.43. The van der Waals surface area contributed by atoms with Gasteiger partial charge in [-0.15, -0.1) is 11.6 Å². The molecule has 1 aromatic carbocycles. The van der Waals surface area contributed by atoms with Crippen LogP contribution in [-0.2, 0) is 16.6 Å². The molecular formula is C12H12ClNO4. The topological polar surface area (TPSA) is 61.4 Å². The van der Waals surface area contributed by atoms with E-state index in [4.69, 9.17) is 20.8 Å². The quantitative estimate of drug-likeness (QED) is 0.631. The van der Waals surface area contributed by atoms with Crippen LogP contribution in [0.15, 0.2) is 27.4 Å². The van der Waals surface area contributed by atoms with Crippen LogP contribution in [-0.4, -0.2) is 17.1 Å². The highest BCUT2D eigenvalue weighted by atomic mass is 35.5. The van der Waals surface area contributed by atoms with Crippen LogP contribution in [0.1, 0.15) is 17.9 Å². The second-order valence-corrected chi connectivity index (χ2v) is 4.21. The minimum Gasteiger partial charge on any atom is -0.465 e. The molecule has 0 spiro atoms. The molecule has 18 heavy (non-hydrogen) atoms. The Morgan fingerprint density at radius 2 is 2.28 bits per heavy atom. The molecule has 6 heteroatoms. The number of alkyl halides is 1. The van der Waals surface area contributed by atoms with Crippen molar-refractivity contribution < 1.29 is 13.9 Å². The lowest BCUT2D eigenvalue weighted by atomic mass is 10.1. The second-order valence-electron chi connectivity index (χ2n) is 3.77. The zero-order chi connectivity index (χ0) is 13.3. The van der Waals surface area contributed by atoms with E-state index in [-0.39, 0.29) is 6.61 Å². The van der Waals surface area contributed by atoms with Crippen molar-refractivity contribution in [1.29, 1.82) is 0 Å². The Labute approximate surface area is 108 Å². The molecule has 96 valence electrons. The van der Waals surface area contributed by atoms with E-state index in [1.165, 1.54) is 4.57 Å². The van der Waals surface area contributed by atoms with Gasteiger partial charge in [0.15, 0.2) is 11.0 Å². The number of aromatic nitrogens is 1. The van der Waals surface area contributed by atoms with Gasteiger partial charge in [-0.2, -0.15) is 0 Å². The van der Waals surface area contributed by atoms with Gasteiger partial charge in [0.1, 0.15) is 0 Å². The molecule has 0 saturated heterocycles. The first-order valence-corrected chi connectivity index (χ1v) is 5.88. The monoisotopic (exact) mass is 269 g/mol. The number of oxazole rings is 1. The number of fused-ring (bicyclic) bond motifs is 1. The minimum atomic E-state index is -0.903. The number of carbonyl (C=O) groups excluding carboxylic acids is 1. The minimum absolute atomic E-state index is 0.269. The molecule has 1 atom stereocenters. The number of halogens is 1. The average molecular weight is 270 g/mol. The van der Waals surface area contributed by atoms with Crippen LogP contribution >= 0.6 is 11.6 Å². The molecule has 0 aliphatic rings. The largest absolute Gasteiger partial charge is 0.465 e. The van der Waals surface area contributed by atoms with Crippen molar-refractivity contribution in [2.24, 2.45) is 7.05 Å². The summed E-state index contributed by atoms with van der Waals surface area (Å²) in [7, 11) is 1.61. The van der Waals surface area contributed by atoms with Crippen LogP contribution in [0.25, 0.3) is 11.1 Å². The first-order chi connectivity index (χ1) is 8.54. The third kappa shape index (κ3) is 2.13. The number of hydrogen-bond donors (Lipinski definition) is 0. The Balaban J connectivity index is 2.41. The summed E-state index contributed by atoms with van der Waals surface area (Å²) in [6.45, 7) is 1.98. The van der Waals surface area contributed by atoms with E-state index in [1.807, 2.05) is 0 Å². The first-order valence-electron chi connectivity index (χ1n) is 5.44. The molecular weight excluding hydrogens is 258 g/mol. The van der Waals surface area contributed by atoms with E-state index in [0.717, 1.165) is 0 Å². The number of hydrogen-bond acceptors (Lipinski definition) is 4. The van der Waals surface area contributed by atoms with Gasteiger partial charge in [-0.05, 0) is 24.6 Å². The fourth-order valence-corrected chi connectivity index (χ4v) is 1.86. The molecule has 2 rings (SSSR count). The number of nitrogens with zero attached hydrogens (tertiary/aromatic N) is 1. The normalized spacial score (nSPS) is 12.6. The van der Waals surface area contributed by atoms with Crippen molar-refractivity contribution in [3.8, 4) is 0 Å². The van der Waals surface area contributed by atoms with E-state index in [2.05, 4.69) is 0 Å². The van der Waals surface area contributed by atoms with Crippen LogP contribution in [0.4, 0.5) is 0 Å². The summed E-state index contributed by atoms with van der Waals surface area (Å²) in [4.78, 5) is 22.8. The molecule has 0 fully saturated rings. The average Bonchev–Trinajstić information content (AvgIpc) is 2.64. The third-order valence-corrected chi connectivity index (χ3v) is 3.03. The summed E-state index contributed by atoms with van der Waals surface area (Å²) < 4.78 is 11.2. The molecule has 1 heterocycles. The van der Waals surface area contributed by atoms with E-state index in [1.54, 1.807) is 32.2 Å². The molecule has 5 nitrogen and oxygen atoms in total. The second kappa shape index (κ2) is 4.86. The van der Waals surface area contributed by atoms with Gasteiger partial charge in [0.05, 0.1) is 12.1 Å². The van der Waals surface area contributed by atoms with Crippen molar-refractivity contribution in [3.05, 3.63) is 34.3 Å². The predicted octanol–water partition coefficient (Wildman–Crippen LogP) is 1.97. The molecule has 0 amide bonds. The zero-order valence-corrected chi connectivity index (χ0v) is 10.7. The Morgan fingerprint density at radius 3 is 2.94 bits per heavy atom. The fourth-order valence-electron chi connectivity index (χ4n) is 1.66. The number of aryl methyl sites for hydroxylation is 1. The van der Waals surface area contributed by atoms with Gasteiger partial charge in [-0.25, -0.2) is 4.79 Å². The molecule has 0 aliphatic heterocycles. The highest BCUT2D eigenvalue weighted by molar-refractivity contribution is 6.30. The fraction of sp³-hybridized carbons (Fsp3) is 0.333. The molecule has 0 saturated carbocycles. The molecule has 1 aromatic heterocycles. The van der Waals surface area contributed by atoms with Crippen molar-refractivity contribution in [1.82, 2.24) is 4.57 Å². The van der Waals surface area contributed by atoms with Gasteiger partial charge < -0.3 is 9.15 Å². The van der Waals surface area contributed by atoms with Crippen LogP contribution in [0, 0.1) is 0 Å². The summed E-state index contributed by atoms with van der Waals surface area (Å²) >= 11 is 5.98. The van der Waals surface area contributed by atoms with Crippen molar-refractivity contribution >= 4 is 28.7 Å². The molecule has 0 aliphatic carbocycles. The molecule has 1 unspecified atom stereocenters. The summed E-state index contributed by atoms with van der Waals surface area (Å²) in [6, 6.07) is 4.93. The summed E-state index contributed by atoms with van der Waals surface area (Å²) in [6.07, 6.45) is 0. The van der Waals surface area contributed by atoms with Crippen molar-refractivity contribution in [2.75, 3.05) is 6.61 Å². The van der Waals surface area contributed by atoms with E-state index in [9.17, 15) is 9.59 Å². The Hall–Kier alpha value is -1.75. The zero-order valence-electron chi connectivity index (χ0n) is 9.97. The van der Waals surface area contributed by atoms with E-state index >= 15 is 0 Å². The van der Waals surface area contributed by atoms with Crippen LogP contribution in [0.5, 0.6) is 0 Å². The highest BCUT2D eigenvalue weighted by Crippen LogP contribution is 2.25. The number of benzene rings is 1. The van der Waals surface area contributed by atoms with E-state index < -0.39 is 17.1 Å².